The quantitative estimate of drug-likeness (QED) is 0.629. The second kappa shape index (κ2) is 6.92. The fourth-order valence-corrected chi connectivity index (χ4v) is 2.13. The molecule has 1 aliphatic rings. The average Bonchev–Trinajstić information content (AvgIpc) is 2.76. The van der Waals surface area contributed by atoms with Crippen molar-refractivity contribution in [3.05, 3.63) is 18.7 Å². The van der Waals surface area contributed by atoms with Crippen molar-refractivity contribution in [3.8, 4) is 0 Å². The summed E-state index contributed by atoms with van der Waals surface area (Å²) < 4.78 is 10.1. The van der Waals surface area contributed by atoms with Crippen LogP contribution in [0.5, 0.6) is 0 Å². The van der Waals surface area contributed by atoms with Crippen molar-refractivity contribution in [2.45, 2.75) is 58.4 Å². The molecule has 1 aliphatic carbocycles. The molecule has 0 radical (unpaired) electrons. The smallest absolute Gasteiger partial charge is 0.245 e. The summed E-state index contributed by atoms with van der Waals surface area (Å²) >= 11 is 0. The molecule has 0 aromatic carbocycles. The number of rotatable bonds is 4. The first kappa shape index (κ1) is 13.5. The van der Waals surface area contributed by atoms with E-state index < -0.39 is 0 Å². The Bertz CT molecular complexity index is 295. The minimum absolute atomic E-state index is 0. The maximum absolute atomic E-state index is 5.88. The van der Waals surface area contributed by atoms with E-state index in [0.717, 1.165) is 6.54 Å². The Morgan fingerprint density at radius 1 is 1.31 bits per heavy atom. The van der Waals surface area contributed by atoms with Crippen LogP contribution in [0.3, 0.4) is 0 Å². The maximum atomic E-state index is 5.88. The van der Waals surface area contributed by atoms with Crippen molar-refractivity contribution < 1.29 is 21.7 Å². The van der Waals surface area contributed by atoms with Gasteiger partial charge in [0, 0.05) is 0 Å². The number of imidazole rings is 1. The molecule has 2 rings (SSSR count). The zero-order valence-corrected chi connectivity index (χ0v) is 10.7. The van der Waals surface area contributed by atoms with Crippen LogP contribution in [0.2, 0.25) is 0 Å². The molecule has 0 N–H and O–H groups in total. The highest BCUT2D eigenvalue weighted by Gasteiger charge is 2.14. The number of ether oxygens (including phenoxy) is 1. The summed E-state index contributed by atoms with van der Waals surface area (Å²) in [7, 11) is 0. The Labute approximate surface area is 104 Å². The highest BCUT2D eigenvalue weighted by atomic mass is 35.5. The van der Waals surface area contributed by atoms with E-state index in [1.165, 1.54) is 32.1 Å². The normalized spacial score (nSPS) is 17.1. The van der Waals surface area contributed by atoms with Gasteiger partial charge in [0.05, 0.1) is 12.6 Å². The third kappa shape index (κ3) is 3.80. The zero-order chi connectivity index (χ0) is 10.5. The third-order valence-electron chi connectivity index (χ3n) is 3.12. The van der Waals surface area contributed by atoms with E-state index in [4.69, 9.17) is 4.74 Å². The molecule has 0 aliphatic heterocycles. The van der Waals surface area contributed by atoms with E-state index in [2.05, 4.69) is 34.8 Å². The summed E-state index contributed by atoms with van der Waals surface area (Å²) in [6, 6.07) is 0. The molecular formula is C12H21ClN2O. The van der Waals surface area contributed by atoms with Gasteiger partial charge in [-0.2, -0.15) is 0 Å². The summed E-state index contributed by atoms with van der Waals surface area (Å²) in [6.45, 7) is 3.88. The highest BCUT2D eigenvalue weighted by Crippen LogP contribution is 2.19. The van der Waals surface area contributed by atoms with Gasteiger partial charge in [-0.1, -0.05) is 19.3 Å². The van der Waals surface area contributed by atoms with Gasteiger partial charge in [0.25, 0.3) is 0 Å². The Hall–Kier alpha value is -0.540. The first-order chi connectivity index (χ1) is 7.38. The molecular weight excluding hydrogens is 224 g/mol. The highest BCUT2D eigenvalue weighted by molar-refractivity contribution is 4.65. The molecule has 1 saturated carbocycles. The van der Waals surface area contributed by atoms with Gasteiger partial charge >= 0.3 is 0 Å². The lowest BCUT2D eigenvalue weighted by Crippen LogP contribution is -3.00. The van der Waals surface area contributed by atoms with Crippen molar-refractivity contribution in [2.24, 2.45) is 0 Å². The molecule has 0 amide bonds. The fraction of sp³-hybridized carbons (Fsp3) is 0.750. The van der Waals surface area contributed by atoms with Gasteiger partial charge in [-0.3, -0.25) is 0 Å². The summed E-state index contributed by atoms with van der Waals surface area (Å²) in [6.07, 6.45) is 13.3. The molecule has 1 aromatic rings. The van der Waals surface area contributed by atoms with Crippen LogP contribution in [0.1, 0.15) is 39.0 Å². The lowest BCUT2D eigenvalue weighted by molar-refractivity contribution is -0.734. The Balaban J connectivity index is 0.00000128. The molecule has 1 aromatic heterocycles. The van der Waals surface area contributed by atoms with Crippen molar-refractivity contribution in [3.63, 3.8) is 0 Å². The first-order valence-electron chi connectivity index (χ1n) is 6.05. The number of aromatic nitrogens is 2. The van der Waals surface area contributed by atoms with Crippen LogP contribution in [-0.2, 0) is 18.0 Å². The lowest BCUT2D eigenvalue weighted by atomic mass is 9.98. The van der Waals surface area contributed by atoms with Crippen LogP contribution in [0.4, 0.5) is 0 Å². The number of halogens is 1. The van der Waals surface area contributed by atoms with Gasteiger partial charge < -0.3 is 17.1 Å². The minimum Gasteiger partial charge on any atom is -1.00 e. The van der Waals surface area contributed by atoms with E-state index in [1.54, 1.807) is 0 Å². The summed E-state index contributed by atoms with van der Waals surface area (Å²) in [4.78, 5) is 0. The van der Waals surface area contributed by atoms with Gasteiger partial charge in [0.1, 0.15) is 12.4 Å². The summed E-state index contributed by atoms with van der Waals surface area (Å²) in [5, 5.41) is 0. The van der Waals surface area contributed by atoms with Crippen molar-refractivity contribution in [2.75, 3.05) is 0 Å². The SMILES string of the molecule is CCn1cc[n+](COC2CCCCC2)c1.[Cl-]. The number of hydrogen-bond acceptors (Lipinski definition) is 1. The monoisotopic (exact) mass is 244 g/mol. The Kier molecular flexibility index (Phi) is 5.85. The van der Waals surface area contributed by atoms with Crippen LogP contribution in [-0.4, -0.2) is 10.7 Å². The predicted octanol–water partition coefficient (Wildman–Crippen LogP) is -0.894. The minimum atomic E-state index is 0. The second-order valence-corrected chi connectivity index (χ2v) is 4.31. The van der Waals surface area contributed by atoms with E-state index in [-0.39, 0.29) is 12.4 Å². The summed E-state index contributed by atoms with van der Waals surface area (Å²) in [5.41, 5.74) is 0. The molecule has 92 valence electrons. The van der Waals surface area contributed by atoms with Gasteiger partial charge in [0.2, 0.25) is 6.33 Å². The van der Waals surface area contributed by atoms with Gasteiger partial charge in [0.15, 0.2) is 6.73 Å². The Morgan fingerprint density at radius 3 is 2.69 bits per heavy atom. The van der Waals surface area contributed by atoms with E-state index >= 15 is 0 Å². The molecule has 1 fully saturated rings. The predicted molar refractivity (Wildman–Crippen MR) is 58.3 cm³/mol. The van der Waals surface area contributed by atoms with E-state index in [9.17, 15) is 0 Å². The maximum Gasteiger partial charge on any atom is 0.245 e. The molecule has 0 atom stereocenters. The zero-order valence-electron chi connectivity index (χ0n) is 9.94. The van der Waals surface area contributed by atoms with Crippen molar-refractivity contribution in [1.29, 1.82) is 0 Å². The summed E-state index contributed by atoms with van der Waals surface area (Å²) in [5.74, 6) is 0. The van der Waals surface area contributed by atoms with Gasteiger partial charge in [-0.05, 0) is 19.8 Å². The van der Waals surface area contributed by atoms with Crippen LogP contribution < -0.4 is 17.0 Å². The van der Waals surface area contributed by atoms with Crippen LogP contribution in [0.15, 0.2) is 18.7 Å². The van der Waals surface area contributed by atoms with E-state index in [1.807, 2.05) is 0 Å². The average molecular weight is 245 g/mol. The molecule has 0 saturated heterocycles. The van der Waals surface area contributed by atoms with E-state index in [0.29, 0.717) is 12.8 Å². The largest absolute Gasteiger partial charge is 1.00 e. The fourth-order valence-electron chi connectivity index (χ4n) is 2.13. The number of aryl methyl sites for hydroxylation is 1. The van der Waals surface area contributed by atoms with Crippen molar-refractivity contribution in [1.82, 2.24) is 4.57 Å². The number of nitrogens with zero attached hydrogens (tertiary/aromatic N) is 2. The molecule has 16 heavy (non-hydrogen) atoms. The third-order valence-corrected chi connectivity index (χ3v) is 3.12. The van der Waals surface area contributed by atoms with Crippen LogP contribution in [0, 0.1) is 0 Å². The van der Waals surface area contributed by atoms with Crippen LogP contribution >= 0.6 is 0 Å². The topological polar surface area (TPSA) is 18.0 Å². The molecule has 0 unspecified atom stereocenters. The second-order valence-electron chi connectivity index (χ2n) is 4.31. The standard InChI is InChI=1S/C12H21N2O.ClH/c1-2-13-8-9-14(10-13)11-15-12-6-4-3-5-7-12;/h8-10,12H,2-7,11H2,1H3;1H/q+1;/p-1. The van der Waals surface area contributed by atoms with Gasteiger partial charge in [-0.15, -0.1) is 0 Å². The molecule has 4 heteroatoms. The number of hydrogen-bond donors (Lipinski definition) is 0. The molecule has 1 heterocycles. The molecule has 0 spiro atoms. The lowest BCUT2D eigenvalue weighted by Gasteiger charge is -2.20. The molecule has 0 bridgehead atoms. The van der Waals surface area contributed by atoms with Gasteiger partial charge in [-0.25, -0.2) is 9.13 Å². The first-order valence-corrected chi connectivity index (χ1v) is 6.05. The molecule has 3 nitrogen and oxygen atoms in total. The van der Waals surface area contributed by atoms with Crippen LogP contribution in [0.25, 0.3) is 0 Å². The van der Waals surface area contributed by atoms with Crippen molar-refractivity contribution >= 4 is 0 Å². The Morgan fingerprint density at radius 2 is 2.06 bits per heavy atom.